The Kier molecular flexibility index (Phi) is 7.05. The van der Waals surface area contributed by atoms with Crippen molar-refractivity contribution in [3.8, 4) is 0 Å². The molecule has 0 radical (unpaired) electrons. The van der Waals surface area contributed by atoms with Crippen molar-refractivity contribution >= 4 is 38.7 Å². The minimum absolute atomic E-state index is 0.278. The number of anilines is 2. The fraction of sp³-hybridized carbons (Fsp3) is 0.235. The molecule has 10 heteroatoms. The highest BCUT2D eigenvalue weighted by Gasteiger charge is 2.16. The molecule has 0 heterocycles. The van der Waals surface area contributed by atoms with Crippen LogP contribution in [0.5, 0.6) is 0 Å². The summed E-state index contributed by atoms with van der Waals surface area (Å²) >= 11 is 5.19. The van der Waals surface area contributed by atoms with Gasteiger partial charge in [0.15, 0.2) is 16.7 Å². The maximum Gasteiger partial charge on any atom is 0.261 e. The van der Waals surface area contributed by atoms with Crippen molar-refractivity contribution in [3.05, 3.63) is 54.1 Å². The third-order valence-electron chi connectivity index (χ3n) is 3.51. The number of likely N-dealkylation sites (N-methyl/N-ethyl adjacent to an activating group) is 1. The van der Waals surface area contributed by atoms with E-state index >= 15 is 0 Å². The van der Waals surface area contributed by atoms with Gasteiger partial charge in [-0.2, -0.15) is 0 Å². The zero-order valence-electron chi connectivity index (χ0n) is 14.8. The van der Waals surface area contributed by atoms with E-state index in [-0.39, 0.29) is 10.6 Å². The molecule has 0 saturated carbocycles. The third-order valence-corrected chi connectivity index (χ3v) is 5.13. The first kappa shape index (κ1) is 21.0. The topological polar surface area (TPSA) is 74.7 Å². The van der Waals surface area contributed by atoms with Gasteiger partial charge in [-0.3, -0.25) is 4.72 Å². The van der Waals surface area contributed by atoms with Crippen LogP contribution in [0.3, 0.4) is 0 Å². The molecule has 0 aliphatic carbocycles. The summed E-state index contributed by atoms with van der Waals surface area (Å²) in [5.41, 5.74) is 0.959. The molecule has 0 spiro atoms. The van der Waals surface area contributed by atoms with Crippen LogP contribution < -0.4 is 20.3 Å². The Morgan fingerprint density at radius 3 is 2.26 bits per heavy atom. The molecule has 6 nitrogen and oxygen atoms in total. The van der Waals surface area contributed by atoms with Gasteiger partial charge in [0.25, 0.3) is 10.0 Å². The Morgan fingerprint density at radius 1 is 1.04 bits per heavy atom. The second kappa shape index (κ2) is 9.07. The first-order valence-electron chi connectivity index (χ1n) is 8.09. The lowest BCUT2D eigenvalue weighted by molar-refractivity contribution is -0.856. The Morgan fingerprint density at radius 2 is 1.67 bits per heavy atom. The van der Waals surface area contributed by atoms with E-state index in [4.69, 9.17) is 12.2 Å². The Hall–Kier alpha value is -2.30. The molecule has 0 aliphatic heterocycles. The second-order valence-electron chi connectivity index (χ2n) is 6.10. The van der Waals surface area contributed by atoms with Crippen molar-refractivity contribution in [2.45, 2.75) is 4.90 Å². The van der Waals surface area contributed by atoms with Crippen molar-refractivity contribution in [3.63, 3.8) is 0 Å². The number of sulfonamides is 1. The molecule has 2 rings (SSSR count). The van der Waals surface area contributed by atoms with Crippen LogP contribution in [-0.4, -0.2) is 40.7 Å². The fourth-order valence-electron chi connectivity index (χ4n) is 2.08. The molecule has 146 valence electrons. The summed E-state index contributed by atoms with van der Waals surface area (Å²) in [6.07, 6.45) is 0. The summed E-state index contributed by atoms with van der Waals surface area (Å²) < 4.78 is 53.0. The maximum atomic E-state index is 13.3. The number of quaternary nitrogens is 1. The minimum Gasteiger partial charge on any atom is -0.357 e. The van der Waals surface area contributed by atoms with Crippen LogP contribution in [-0.2, 0) is 10.0 Å². The fourth-order valence-corrected chi connectivity index (χ4v) is 3.37. The van der Waals surface area contributed by atoms with Crippen LogP contribution in [0, 0.1) is 11.6 Å². The number of nitrogens with one attached hydrogen (secondary N) is 4. The zero-order valence-corrected chi connectivity index (χ0v) is 16.5. The number of rotatable bonds is 7. The highest BCUT2D eigenvalue weighted by Crippen LogP contribution is 2.20. The largest absolute Gasteiger partial charge is 0.357 e. The van der Waals surface area contributed by atoms with Crippen molar-refractivity contribution in [1.82, 2.24) is 5.32 Å². The molecular formula is C17H21F2N4O2S2+. The molecule has 2 aromatic rings. The van der Waals surface area contributed by atoms with Crippen LogP contribution in [0.4, 0.5) is 20.2 Å². The van der Waals surface area contributed by atoms with Gasteiger partial charge in [-0.1, -0.05) is 0 Å². The number of benzene rings is 2. The number of halogens is 2. The lowest BCUT2D eigenvalue weighted by Gasteiger charge is -2.13. The Balaban J connectivity index is 1.98. The van der Waals surface area contributed by atoms with E-state index in [0.29, 0.717) is 16.9 Å². The number of thiocarbonyl (C=S) groups is 1. The molecule has 27 heavy (non-hydrogen) atoms. The SMILES string of the molecule is C[NH+](C)CCNC(=S)Nc1ccc(NS(=O)(=O)c2ccc(F)c(F)c2)cc1. The van der Waals surface area contributed by atoms with Gasteiger partial charge in [0.1, 0.15) is 0 Å². The molecular weight excluding hydrogens is 394 g/mol. The van der Waals surface area contributed by atoms with Gasteiger partial charge in [0.2, 0.25) is 0 Å². The van der Waals surface area contributed by atoms with Crippen LogP contribution >= 0.6 is 12.2 Å². The molecule has 0 bridgehead atoms. The van der Waals surface area contributed by atoms with Crippen LogP contribution in [0.1, 0.15) is 0 Å². The van der Waals surface area contributed by atoms with Crippen molar-refractivity contribution < 1.29 is 22.1 Å². The molecule has 4 N–H and O–H groups in total. The summed E-state index contributed by atoms with van der Waals surface area (Å²) in [6, 6.07) is 8.76. The van der Waals surface area contributed by atoms with E-state index in [0.717, 1.165) is 25.2 Å². The zero-order chi connectivity index (χ0) is 20.0. The van der Waals surface area contributed by atoms with Gasteiger partial charge in [0.05, 0.1) is 32.1 Å². The van der Waals surface area contributed by atoms with Gasteiger partial charge < -0.3 is 15.5 Å². The quantitative estimate of drug-likeness (QED) is 0.512. The molecule has 0 aliphatic rings. The maximum absolute atomic E-state index is 13.3. The van der Waals surface area contributed by atoms with Crippen LogP contribution in [0.25, 0.3) is 0 Å². The van der Waals surface area contributed by atoms with Crippen molar-refractivity contribution in [2.75, 3.05) is 37.2 Å². The van der Waals surface area contributed by atoms with Crippen LogP contribution in [0.15, 0.2) is 47.4 Å². The van der Waals surface area contributed by atoms with Gasteiger partial charge in [0, 0.05) is 11.4 Å². The first-order valence-corrected chi connectivity index (χ1v) is 9.98. The van der Waals surface area contributed by atoms with E-state index in [1.165, 1.54) is 17.0 Å². The summed E-state index contributed by atoms with van der Waals surface area (Å²) in [5, 5.41) is 6.53. The highest BCUT2D eigenvalue weighted by molar-refractivity contribution is 7.92. The average Bonchev–Trinajstić information content (AvgIpc) is 2.58. The minimum atomic E-state index is -4.03. The van der Waals surface area contributed by atoms with Crippen molar-refractivity contribution in [2.24, 2.45) is 0 Å². The van der Waals surface area contributed by atoms with E-state index in [2.05, 4.69) is 15.4 Å². The summed E-state index contributed by atoms with van der Waals surface area (Å²) in [7, 11) is 0.0537. The van der Waals surface area contributed by atoms with Gasteiger partial charge in [-0.05, 0) is 54.7 Å². The third kappa shape index (κ3) is 6.42. The van der Waals surface area contributed by atoms with Crippen molar-refractivity contribution in [1.29, 1.82) is 0 Å². The lowest BCUT2D eigenvalue weighted by atomic mass is 10.3. The first-order chi connectivity index (χ1) is 12.7. The highest BCUT2D eigenvalue weighted by atomic mass is 32.2. The normalized spacial score (nSPS) is 11.3. The van der Waals surface area contributed by atoms with E-state index in [1.807, 2.05) is 14.1 Å². The monoisotopic (exact) mass is 415 g/mol. The molecule has 0 fully saturated rings. The lowest BCUT2D eigenvalue weighted by Crippen LogP contribution is -3.06. The van der Waals surface area contributed by atoms with Gasteiger partial charge in [-0.25, -0.2) is 17.2 Å². The van der Waals surface area contributed by atoms with Gasteiger partial charge >= 0.3 is 0 Å². The molecule has 0 aromatic heterocycles. The molecule has 0 saturated heterocycles. The second-order valence-corrected chi connectivity index (χ2v) is 8.19. The molecule has 0 unspecified atom stereocenters. The molecule has 2 aromatic carbocycles. The standard InChI is InChI=1S/C17H20F2N4O2S2/c1-23(2)10-9-20-17(26)21-12-3-5-13(6-4-12)22-27(24,25)14-7-8-15(18)16(19)11-14/h3-8,11,22H,9-10H2,1-2H3,(H2,20,21,26)/p+1. The smallest absolute Gasteiger partial charge is 0.261 e. The summed E-state index contributed by atoms with van der Waals surface area (Å²) in [6.45, 7) is 1.63. The Bertz CT molecular complexity index is 904. The molecule has 0 amide bonds. The summed E-state index contributed by atoms with van der Waals surface area (Å²) in [5.74, 6) is -2.34. The predicted molar refractivity (Wildman–Crippen MR) is 106 cm³/mol. The predicted octanol–water partition coefficient (Wildman–Crippen LogP) is 1.20. The van der Waals surface area contributed by atoms with E-state index in [9.17, 15) is 17.2 Å². The van der Waals surface area contributed by atoms with E-state index < -0.39 is 21.7 Å². The van der Waals surface area contributed by atoms with Gasteiger partial charge in [-0.15, -0.1) is 0 Å². The summed E-state index contributed by atoms with van der Waals surface area (Å²) in [4.78, 5) is 0.931. The number of hydrogen-bond acceptors (Lipinski definition) is 3. The van der Waals surface area contributed by atoms with E-state index in [1.54, 1.807) is 12.1 Å². The number of hydrogen-bond donors (Lipinski definition) is 4. The molecule has 0 atom stereocenters. The average molecular weight is 416 g/mol. The Labute approximate surface area is 162 Å². The van der Waals surface area contributed by atoms with Crippen LogP contribution in [0.2, 0.25) is 0 Å².